The standard InChI is InChI=1S/C52H37N5/c1-34-13-11-19-38(29-34)40-22-25-47-43(31-40)44-32-41(39-20-12-14-35(2)30-39)23-26-48(44)57(47)49-27-24-42(46-21-9-10-28-53-46)33-45(49)52-55-50(36-15-5-3-6-16-36)54-51(56-52)37-17-7-4-8-18-37/h3-33H,1-2H3. The van der Waals surface area contributed by atoms with E-state index in [0.29, 0.717) is 17.5 Å². The van der Waals surface area contributed by atoms with Crippen molar-refractivity contribution in [2.75, 3.05) is 0 Å². The van der Waals surface area contributed by atoms with Crippen LogP contribution in [0.25, 0.3) is 95.2 Å². The first-order valence-corrected chi connectivity index (χ1v) is 19.2. The molecule has 270 valence electrons. The minimum absolute atomic E-state index is 0.582. The highest BCUT2D eigenvalue weighted by molar-refractivity contribution is 6.12. The molecule has 3 aromatic heterocycles. The van der Waals surface area contributed by atoms with Crippen molar-refractivity contribution in [3.05, 3.63) is 199 Å². The lowest BCUT2D eigenvalue weighted by Crippen LogP contribution is -2.04. The van der Waals surface area contributed by atoms with Gasteiger partial charge >= 0.3 is 0 Å². The average molecular weight is 732 g/mol. The largest absolute Gasteiger partial charge is 0.308 e. The molecule has 0 bridgehead atoms. The molecule has 0 aliphatic heterocycles. The number of nitrogens with zero attached hydrogens (tertiary/aromatic N) is 5. The number of aryl methyl sites for hydroxylation is 2. The normalized spacial score (nSPS) is 11.3. The topological polar surface area (TPSA) is 56.5 Å². The Morgan fingerprint density at radius 3 is 1.39 bits per heavy atom. The van der Waals surface area contributed by atoms with Gasteiger partial charge in [0.05, 0.1) is 22.4 Å². The van der Waals surface area contributed by atoms with Gasteiger partial charge in [-0.3, -0.25) is 4.98 Å². The van der Waals surface area contributed by atoms with E-state index in [-0.39, 0.29) is 0 Å². The van der Waals surface area contributed by atoms with E-state index in [4.69, 9.17) is 19.9 Å². The van der Waals surface area contributed by atoms with Crippen molar-refractivity contribution in [2.24, 2.45) is 0 Å². The second-order valence-electron chi connectivity index (χ2n) is 14.5. The summed E-state index contributed by atoms with van der Waals surface area (Å²) < 4.78 is 2.37. The van der Waals surface area contributed by atoms with Crippen LogP contribution >= 0.6 is 0 Å². The zero-order valence-corrected chi connectivity index (χ0v) is 31.6. The lowest BCUT2D eigenvalue weighted by atomic mass is 9.99. The molecule has 10 rings (SSSR count). The van der Waals surface area contributed by atoms with Crippen LogP contribution in [0.5, 0.6) is 0 Å². The van der Waals surface area contributed by atoms with Gasteiger partial charge in [-0.05, 0) is 84.6 Å². The summed E-state index contributed by atoms with van der Waals surface area (Å²) in [7, 11) is 0. The quantitative estimate of drug-likeness (QED) is 0.164. The van der Waals surface area contributed by atoms with Gasteiger partial charge in [-0.2, -0.15) is 0 Å². The van der Waals surface area contributed by atoms with E-state index in [0.717, 1.165) is 44.7 Å². The summed E-state index contributed by atoms with van der Waals surface area (Å²) in [5, 5.41) is 2.34. The van der Waals surface area contributed by atoms with Crippen molar-refractivity contribution >= 4 is 21.8 Å². The predicted molar refractivity (Wildman–Crippen MR) is 234 cm³/mol. The fourth-order valence-electron chi connectivity index (χ4n) is 7.82. The van der Waals surface area contributed by atoms with Gasteiger partial charge < -0.3 is 4.57 Å². The lowest BCUT2D eigenvalue weighted by molar-refractivity contribution is 1.06. The SMILES string of the molecule is Cc1cccc(-c2ccc3c(c2)c2cc(-c4cccc(C)c4)ccc2n3-c2ccc(-c3ccccn3)cc2-c2nc(-c3ccccc3)nc(-c3ccccc3)n2)c1. The molecule has 0 spiro atoms. The van der Waals surface area contributed by atoms with E-state index in [1.54, 1.807) is 0 Å². The Morgan fingerprint density at radius 2 is 0.860 bits per heavy atom. The Balaban J connectivity index is 1.27. The minimum atomic E-state index is 0.582. The molecule has 57 heavy (non-hydrogen) atoms. The molecule has 3 heterocycles. The van der Waals surface area contributed by atoms with Gasteiger partial charge in [0.2, 0.25) is 0 Å². The van der Waals surface area contributed by atoms with E-state index in [2.05, 4.69) is 122 Å². The first-order chi connectivity index (χ1) is 28.1. The summed E-state index contributed by atoms with van der Waals surface area (Å²) in [5.74, 6) is 1.81. The molecule has 0 radical (unpaired) electrons. The van der Waals surface area contributed by atoms with Crippen LogP contribution in [0, 0.1) is 13.8 Å². The number of hydrogen-bond acceptors (Lipinski definition) is 4. The monoisotopic (exact) mass is 731 g/mol. The Labute approximate surface area is 331 Å². The summed E-state index contributed by atoms with van der Waals surface area (Å²) in [6.45, 7) is 4.29. The zero-order valence-electron chi connectivity index (χ0n) is 31.6. The van der Waals surface area contributed by atoms with Crippen molar-refractivity contribution in [1.82, 2.24) is 24.5 Å². The van der Waals surface area contributed by atoms with Crippen molar-refractivity contribution in [3.63, 3.8) is 0 Å². The molecule has 0 fully saturated rings. The van der Waals surface area contributed by atoms with E-state index in [9.17, 15) is 0 Å². The van der Waals surface area contributed by atoms with Crippen LogP contribution < -0.4 is 0 Å². The molecule has 0 atom stereocenters. The predicted octanol–water partition coefficient (Wildman–Crippen LogP) is 13.0. The number of fused-ring (bicyclic) bond motifs is 3. The molecule has 0 saturated heterocycles. The molecule has 0 amide bonds. The van der Waals surface area contributed by atoms with Crippen molar-refractivity contribution in [2.45, 2.75) is 13.8 Å². The van der Waals surface area contributed by atoms with Crippen LogP contribution in [-0.4, -0.2) is 24.5 Å². The highest BCUT2D eigenvalue weighted by Gasteiger charge is 2.21. The van der Waals surface area contributed by atoms with Crippen molar-refractivity contribution in [1.29, 1.82) is 0 Å². The van der Waals surface area contributed by atoms with Gasteiger partial charge in [-0.15, -0.1) is 0 Å². The molecule has 0 N–H and O–H groups in total. The van der Waals surface area contributed by atoms with Gasteiger partial charge in [0.25, 0.3) is 0 Å². The summed E-state index contributed by atoms with van der Waals surface area (Å²) >= 11 is 0. The molecule has 0 aliphatic carbocycles. The molecule has 0 aliphatic rings. The molecular weight excluding hydrogens is 695 g/mol. The fourth-order valence-corrected chi connectivity index (χ4v) is 7.82. The number of aromatic nitrogens is 5. The summed E-state index contributed by atoms with van der Waals surface area (Å²) in [6, 6.07) is 63.9. The third-order valence-corrected chi connectivity index (χ3v) is 10.6. The third kappa shape index (κ3) is 6.45. The molecular formula is C52H37N5. The maximum atomic E-state index is 5.23. The fraction of sp³-hybridized carbons (Fsp3) is 0.0385. The van der Waals surface area contributed by atoms with Crippen LogP contribution in [0.15, 0.2) is 188 Å². The van der Waals surface area contributed by atoms with Gasteiger partial charge in [-0.1, -0.05) is 145 Å². The van der Waals surface area contributed by atoms with E-state index < -0.39 is 0 Å². The van der Waals surface area contributed by atoms with E-state index >= 15 is 0 Å². The highest BCUT2D eigenvalue weighted by Crippen LogP contribution is 2.41. The van der Waals surface area contributed by atoms with Gasteiger partial charge in [0.15, 0.2) is 17.5 Å². The van der Waals surface area contributed by atoms with Gasteiger partial charge in [0.1, 0.15) is 0 Å². The summed E-state index contributed by atoms with van der Waals surface area (Å²) in [6.07, 6.45) is 1.83. The second-order valence-corrected chi connectivity index (χ2v) is 14.5. The second kappa shape index (κ2) is 14.3. The van der Waals surface area contributed by atoms with Crippen molar-refractivity contribution < 1.29 is 0 Å². The smallest absolute Gasteiger partial charge is 0.166 e. The minimum Gasteiger partial charge on any atom is -0.308 e. The maximum absolute atomic E-state index is 5.23. The first kappa shape index (κ1) is 34.0. The van der Waals surface area contributed by atoms with Crippen LogP contribution in [0.4, 0.5) is 0 Å². The van der Waals surface area contributed by atoms with Crippen LogP contribution in [-0.2, 0) is 0 Å². The maximum Gasteiger partial charge on any atom is 0.166 e. The Kier molecular flexibility index (Phi) is 8.53. The number of benzene rings is 7. The van der Waals surface area contributed by atoms with Crippen LogP contribution in [0.3, 0.4) is 0 Å². The van der Waals surface area contributed by atoms with Crippen molar-refractivity contribution in [3.8, 4) is 73.4 Å². The number of hydrogen-bond donors (Lipinski definition) is 0. The van der Waals surface area contributed by atoms with Gasteiger partial charge in [-0.25, -0.2) is 15.0 Å². The Hall–Kier alpha value is -7.50. The zero-order chi connectivity index (χ0) is 38.3. The molecule has 0 saturated carbocycles. The first-order valence-electron chi connectivity index (χ1n) is 19.2. The molecule has 0 unspecified atom stereocenters. The number of pyridine rings is 1. The highest BCUT2D eigenvalue weighted by atomic mass is 15.1. The summed E-state index contributed by atoms with van der Waals surface area (Å²) in [4.78, 5) is 20.2. The average Bonchev–Trinajstić information content (AvgIpc) is 3.60. The lowest BCUT2D eigenvalue weighted by Gasteiger charge is -2.16. The Morgan fingerprint density at radius 1 is 0.368 bits per heavy atom. The molecule has 5 heteroatoms. The summed E-state index contributed by atoms with van der Waals surface area (Å²) in [5.41, 5.74) is 14.9. The Bertz CT molecular complexity index is 2920. The van der Waals surface area contributed by atoms with E-state index in [1.807, 2.05) is 85.1 Å². The molecule has 7 aromatic carbocycles. The van der Waals surface area contributed by atoms with Crippen LogP contribution in [0.1, 0.15) is 11.1 Å². The third-order valence-electron chi connectivity index (χ3n) is 10.6. The number of rotatable bonds is 7. The van der Waals surface area contributed by atoms with E-state index in [1.165, 1.54) is 44.2 Å². The van der Waals surface area contributed by atoms with Gasteiger partial charge in [0, 0.05) is 39.2 Å². The van der Waals surface area contributed by atoms with Crippen LogP contribution in [0.2, 0.25) is 0 Å². The molecule has 5 nitrogen and oxygen atoms in total. The molecule has 10 aromatic rings.